The Morgan fingerprint density at radius 2 is 1.67 bits per heavy atom. The number of carbonyl (C=O) groups is 1. The first-order valence-electron chi connectivity index (χ1n) is 21.1. The lowest BCUT2D eigenvalue weighted by Gasteiger charge is -2.28. The molecular formula is C49H62N3O5S+. The number of benzene rings is 3. The van der Waals surface area contributed by atoms with E-state index in [1.54, 1.807) is 0 Å². The summed E-state index contributed by atoms with van der Waals surface area (Å²) in [5.41, 5.74) is 14.1. The fraction of sp³-hybridized carbons (Fsp3) is 0.429. The molecule has 0 bridgehead atoms. The molecule has 8 nitrogen and oxygen atoms in total. The molecule has 3 aromatic rings. The van der Waals surface area contributed by atoms with E-state index in [4.69, 9.17) is 4.74 Å². The van der Waals surface area contributed by atoms with Crippen LogP contribution in [0.5, 0.6) is 0 Å². The van der Waals surface area contributed by atoms with Crippen molar-refractivity contribution in [1.29, 1.82) is 0 Å². The Bertz CT molecular complexity index is 2240. The second kappa shape index (κ2) is 18.5. The lowest BCUT2D eigenvalue weighted by atomic mass is 9.81. The SMILES string of the molecule is CCCCC[N+]1=C(/C=C/C2=C(Nc3ccc(CCOC=O)cc3)C(=C/C=C3/N(CCCCS(=O)(=O)O)c4ccc(C)cc4C3(C)C)/CCC2)C(C)(C)c2ccccc21. The molecule has 1 aliphatic carbocycles. The van der Waals surface area contributed by atoms with Crippen LogP contribution in [-0.2, 0) is 36.9 Å². The van der Waals surface area contributed by atoms with E-state index in [2.05, 4.69) is 147 Å². The first-order chi connectivity index (χ1) is 27.7. The average molecular weight is 805 g/mol. The van der Waals surface area contributed by atoms with E-state index >= 15 is 0 Å². The van der Waals surface area contributed by atoms with Gasteiger partial charge in [0.15, 0.2) is 5.71 Å². The maximum atomic E-state index is 11.5. The van der Waals surface area contributed by atoms with E-state index < -0.39 is 10.1 Å². The van der Waals surface area contributed by atoms with Gasteiger partial charge in [0.25, 0.3) is 16.6 Å². The number of nitrogens with one attached hydrogen (secondary N) is 1. The highest BCUT2D eigenvalue weighted by molar-refractivity contribution is 7.85. The number of hydrogen-bond donors (Lipinski definition) is 2. The van der Waals surface area contributed by atoms with Gasteiger partial charge in [0.05, 0.1) is 17.8 Å². The lowest BCUT2D eigenvalue weighted by Crippen LogP contribution is -2.28. The zero-order valence-corrected chi connectivity index (χ0v) is 36.1. The molecule has 2 aliphatic heterocycles. The lowest BCUT2D eigenvalue weighted by molar-refractivity contribution is -0.438. The number of para-hydroxylation sites is 1. The summed E-state index contributed by atoms with van der Waals surface area (Å²) in [6.07, 6.45) is 17.4. The van der Waals surface area contributed by atoms with E-state index in [1.807, 2.05) is 0 Å². The largest absolute Gasteiger partial charge is 0.468 e. The van der Waals surface area contributed by atoms with Crippen LogP contribution in [0, 0.1) is 6.92 Å². The minimum absolute atomic E-state index is 0.138. The number of ether oxygens (including phenoxy) is 1. The van der Waals surface area contributed by atoms with Gasteiger partial charge in [-0.15, -0.1) is 0 Å². The van der Waals surface area contributed by atoms with E-state index in [-0.39, 0.29) is 16.6 Å². The summed E-state index contributed by atoms with van der Waals surface area (Å²) in [7, 11) is -4.01. The molecule has 3 aliphatic rings. The van der Waals surface area contributed by atoms with Crippen LogP contribution < -0.4 is 10.2 Å². The summed E-state index contributed by atoms with van der Waals surface area (Å²) in [4.78, 5) is 13.0. The predicted molar refractivity (Wildman–Crippen MR) is 238 cm³/mol. The molecule has 308 valence electrons. The van der Waals surface area contributed by atoms with Gasteiger partial charge < -0.3 is 15.0 Å². The number of hydrogen-bond acceptors (Lipinski definition) is 6. The van der Waals surface area contributed by atoms with Gasteiger partial charge in [-0.1, -0.05) is 87.4 Å². The standard InChI is InChI=1S/C49H61N3O5S/c1-7-8-11-30-51-43-18-10-9-17-41(43)48(3,4)45(51)27-22-38-15-14-16-39(47(38)50-40-24-20-37(21-25-40)29-32-57-35-53)23-28-46-49(5,6)42-34-36(2)19-26-44(42)52(46)31-12-13-33-58(54,55)56/h9-10,17-28,34-35H,7-8,11-16,29-33H2,1-6H3,(H,54,55,56)/p+1/b39-23+,46-28+. The number of nitrogens with zero attached hydrogens (tertiary/aromatic N) is 2. The maximum absolute atomic E-state index is 11.5. The molecule has 0 amide bonds. The van der Waals surface area contributed by atoms with Crippen LogP contribution in [0.1, 0.15) is 108 Å². The Morgan fingerprint density at radius 1 is 0.897 bits per heavy atom. The summed E-state index contributed by atoms with van der Waals surface area (Å²) in [6.45, 7) is 16.1. The minimum Gasteiger partial charge on any atom is -0.468 e. The zero-order chi connectivity index (χ0) is 41.5. The number of aryl methyl sites for hydroxylation is 1. The molecule has 58 heavy (non-hydrogen) atoms. The highest BCUT2D eigenvalue weighted by Crippen LogP contribution is 2.48. The molecule has 0 fully saturated rings. The molecule has 9 heteroatoms. The van der Waals surface area contributed by atoms with Crippen molar-refractivity contribution in [2.75, 3.05) is 35.7 Å². The molecule has 2 N–H and O–H groups in total. The van der Waals surface area contributed by atoms with Crippen molar-refractivity contribution in [2.24, 2.45) is 0 Å². The van der Waals surface area contributed by atoms with Crippen LogP contribution in [0.25, 0.3) is 0 Å². The van der Waals surface area contributed by atoms with Crippen LogP contribution in [0.4, 0.5) is 17.1 Å². The normalized spacial score (nSPS) is 18.7. The summed E-state index contributed by atoms with van der Waals surface area (Å²) < 4.78 is 39.9. The van der Waals surface area contributed by atoms with E-state index in [9.17, 15) is 17.8 Å². The maximum Gasteiger partial charge on any atom is 0.293 e. The van der Waals surface area contributed by atoms with E-state index in [0.29, 0.717) is 38.9 Å². The van der Waals surface area contributed by atoms with Crippen LogP contribution in [0.2, 0.25) is 0 Å². The van der Waals surface area contributed by atoms with Gasteiger partial charge >= 0.3 is 0 Å². The number of anilines is 2. The molecule has 0 unspecified atom stereocenters. The fourth-order valence-electron chi connectivity index (χ4n) is 8.89. The molecule has 0 saturated carbocycles. The van der Waals surface area contributed by atoms with Crippen LogP contribution >= 0.6 is 0 Å². The summed E-state index contributed by atoms with van der Waals surface area (Å²) in [5.74, 6) is -0.239. The number of unbranched alkanes of at least 4 members (excludes halogenated alkanes) is 3. The van der Waals surface area contributed by atoms with E-state index in [0.717, 1.165) is 54.9 Å². The Balaban J connectivity index is 1.41. The minimum atomic E-state index is -4.01. The summed E-state index contributed by atoms with van der Waals surface area (Å²) in [5, 5.41) is 3.86. The van der Waals surface area contributed by atoms with Gasteiger partial charge in [-0.2, -0.15) is 13.0 Å². The van der Waals surface area contributed by atoms with Gasteiger partial charge in [0.2, 0.25) is 5.69 Å². The third-order valence-corrected chi connectivity index (χ3v) is 12.9. The predicted octanol–water partition coefficient (Wildman–Crippen LogP) is 10.7. The molecule has 0 saturated heterocycles. The molecule has 6 rings (SSSR count). The molecule has 0 spiro atoms. The quantitative estimate of drug-likeness (QED) is 0.0572. The van der Waals surface area contributed by atoms with Crippen molar-refractivity contribution in [3.8, 4) is 0 Å². The average Bonchev–Trinajstić information content (AvgIpc) is 3.53. The fourth-order valence-corrected chi connectivity index (χ4v) is 9.46. The Labute approximate surface area is 346 Å². The number of carbonyl (C=O) groups excluding carboxylic acids is 1. The Morgan fingerprint density at radius 3 is 2.41 bits per heavy atom. The van der Waals surface area contributed by atoms with E-state index in [1.165, 1.54) is 57.8 Å². The number of allylic oxidation sites excluding steroid dienone is 7. The first-order valence-corrected chi connectivity index (χ1v) is 22.7. The number of fused-ring (bicyclic) bond motifs is 2. The van der Waals surface area contributed by atoms with Crippen molar-refractivity contribution in [1.82, 2.24) is 0 Å². The third-order valence-electron chi connectivity index (χ3n) is 12.1. The second-order valence-corrected chi connectivity index (χ2v) is 18.6. The first kappa shape index (κ1) is 42.9. The second-order valence-electron chi connectivity index (χ2n) is 17.0. The summed E-state index contributed by atoms with van der Waals surface area (Å²) >= 11 is 0. The van der Waals surface area contributed by atoms with Crippen molar-refractivity contribution in [3.63, 3.8) is 0 Å². The Kier molecular flexibility index (Phi) is 13.6. The molecular weight excluding hydrogens is 743 g/mol. The Hall–Kier alpha value is -4.73. The molecule has 2 heterocycles. The van der Waals surface area contributed by atoms with Gasteiger partial charge in [0, 0.05) is 65.3 Å². The van der Waals surface area contributed by atoms with Crippen LogP contribution in [0.3, 0.4) is 0 Å². The third kappa shape index (κ3) is 9.75. The van der Waals surface area contributed by atoms with Gasteiger partial charge in [-0.25, -0.2) is 0 Å². The molecule has 0 aromatic heterocycles. The van der Waals surface area contributed by atoms with Gasteiger partial charge in [-0.05, 0) is 106 Å². The van der Waals surface area contributed by atoms with Crippen molar-refractivity contribution in [3.05, 3.63) is 136 Å². The summed E-state index contributed by atoms with van der Waals surface area (Å²) in [6, 6.07) is 23.8. The van der Waals surface area contributed by atoms with Crippen molar-refractivity contribution < 1.29 is 27.1 Å². The van der Waals surface area contributed by atoms with Gasteiger partial charge in [-0.3, -0.25) is 9.35 Å². The van der Waals surface area contributed by atoms with Crippen molar-refractivity contribution >= 4 is 39.4 Å². The highest BCUT2D eigenvalue weighted by Gasteiger charge is 2.44. The van der Waals surface area contributed by atoms with Gasteiger partial charge in [0.1, 0.15) is 6.54 Å². The monoisotopic (exact) mass is 804 g/mol. The molecule has 0 atom stereocenters. The highest BCUT2D eigenvalue weighted by atomic mass is 32.2. The topological polar surface area (TPSA) is 99.0 Å². The smallest absolute Gasteiger partial charge is 0.293 e. The van der Waals surface area contributed by atoms with Crippen molar-refractivity contribution in [2.45, 2.75) is 110 Å². The van der Waals surface area contributed by atoms with Crippen LogP contribution in [-0.4, -0.2) is 55.2 Å². The molecule has 3 aromatic carbocycles. The number of rotatable bonds is 18. The zero-order valence-electron chi connectivity index (χ0n) is 35.3. The van der Waals surface area contributed by atoms with Crippen LogP contribution in [0.15, 0.2) is 114 Å². The molecule has 0 radical (unpaired) electrons.